The van der Waals surface area contributed by atoms with Crippen LogP contribution in [0.25, 0.3) is 0 Å². The number of aryl methyl sites for hydroxylation is 1. The molecule has 1 fully saturated rings. The molecule has 0 N–H and O–H groups in total. The van der Waals surface area contributed by atoms with Gasteiger partial charge in [0.1, 0.15) is 5.82 Å². The van der Waals surface area contributed by atoms with E-state index >= 15 is 0 Å². The van der Waals surface area contributed by atoms with Crippen LogP contribution in [0.1, 0.15) is 40.8 Å². The second-order valence-electron chi connectivity index (χ2n) is 6.06. The first kappa shape index (κ1) is 15.5. The second-order valence-corrected chi connectivity index (χ2v) is 6.06. The Bertz CT molecular complexity index is 697. The van der Waals surface area contributed by atoms with Crippen LogP contribution >= 0.6 is 0 Å². The summed E-state index contributed by atoms with van der Waals surface area (Å²) in [6, 6.07) is 3.59. The van der Waals surface area contributed by atoms with Gasteiger partial charge in [0.15, 0.2) is 5.82 Å². The summed E-state index contributed by atoms with van der Waals surface area (Å²) in [7, 11) is 3.82. The fourth-order valence-corrected chi connectivity index (χ4v) is 2.83. The Kier molecular flexibility index (Phi) is 4.27. The van der Waals surface area contributed by atoms with E-state index in [1.807, 2.05) is 30.0 Å². The molecular formula is C16H21N5O2. The number of anilines is 1. The molecule has 23 heavy (non-hydrogen) atoms. The van der Waals surface area contributed by atoms with Crippen LogP contribution in [-0.4, -0.2) is 53.1 Å². The van der Waals surface area contributed by atoms with Gasteiger partial charge in [-0.25, -0.2) is 4.98 Å². The number of piperidine rings is 1. The molecule has 1 aliphatic rings. The van der Waals surface area contributed by atoms with E-state index in [0.29, 0.717) is 23.8 Å². The van der Waals surface area contributed by atoms with Gasteiger partial charge < -0.3 is 14.3 Å². The maximum atomic E-state index is 12.8. The van der Waals surface area contributed by atoms with Crippen LogP contribution in [-0.2, 0) is 0 Å². The van der Waals surface area contributed by atoms with E-state index in [0.717, 1.165) is 25.2 Å². The van der Waals surface area contributed by atoms with Crippen molar-refractivity contribution in [3.05, 3.63) is 35.6 Å². The summed E-state index contributed by atoms with van der Waals surface area (Å²) in [5.74, 6) is 2.20. The third-order valence-corrected chi connectivity index (χ3v) is 4.07. The van der Waals surface area contributed by atoms with E-state index in [-0.39, 0.29) is 11.8 Å². The molecule has 7 nitrogen and oxygen atoms in total. The van der Waals surface area contributed by atoms with Crippen molar-refractivity contribution in [3.63, 3.8) is 0 Å². The molecule has 0 bridgehead atoms. The minimum atomic E-state index is 0.0282. The van der Waals surface area contributed by atoms with Crippen LogP contribution in [0.4, 0.5) is 5.82 Å². The van der Waals surface area contributed by atoms with Crippen LogP contribution in [0, 0.1) is 6.92 Å². The third kappa shape index (κ3) is 3.33. The topological polar surface area (TPSA) is 75.4 Å². The number of carbonyl (C=O) groups excluding carboxylic acids is 1. The molecule has 3 rings (SSSR count). The van der Waals surface area contributed by atoms with Crippen molar-refractivity contribution in [2.24, 2.45) is 0 Å². The summed E-state index contributed by atoms with van der Waals surface area (Å²) in [5, 5.41) is 4.00. The number of amides is 1. The van der Waals surface area contributed by atoms with E-state index in [1.165, 1.54) is 0 Å². The molecule has 7 heteroatoms. The van der Waals surface area contributed by atoms with Gasteiger partial charge in [0.25, 0.3) is 5.91 Å². The molecule has 2 aromatic rings. The zero-order valence-corrected chi connectivity index (χ0v) is 13.7. The van der Waals surface area contributed by atoms with Gasteiger partial charge >= 0.3 is 0 Å². The van der Waals surface area contributed by atoms with Crippen LogP contribution in [0.5, 0.6) is 0 Å². The summed E-state index contributed by atoms with van der Waals surface area (Å²) in [4.78, 5) is 25.1. The highest BCUT2D eigenvalue weighted by atomic mass is 16.5. The number of carbonyl (C=O) groups is 1. The Labute approximate surface area is 135 Å². The van der Waals surface area contributed by atoms with Crippen molar-refractivity contribution in [1.29, 1.82) is 0 Å². The fourth-order valence-electron chi connectivity index (χ4n) is 2.83. The Balaban J connectivity index is 1.75. The zero-order chi connectivity index (χ0) is 16.4. The first-order valence-corrected chi connectivity index (χ1v) is 7.77. The lowest BCUT2D eigenvalue weighted by molar-refractivity contribution is 0.0703. The van der Waals surface area contributed by atoms with Crippen molar-refractivity contribution in [1.82, 2.24) is 20.0 Å². The van der Waals surface area contributed by atoms with Crippen LogP contribution in [0.2, 0.25) is 0 Å². The van der Waals surface area contributed by atoms with Gasteiger partial charge in [-0.15, -0.1) is 0 Å². The maximum Gasteiger partial charge on any atom is 0.254 e. The minimum Gasteiger partial charge on any atom is -0.363 e. The van der Waals surface area contributed by atoms with Crippen molar-refractivity contribution in [2.75, 3.05) is 32.1 Å². The van der Waals surface area contributed by atoms with Crippen molar-refractivity contribution >= 4 is 11.7 Å². The highest BCUT2D eigenvalue weighted by Gasteiger charge is 2.28. The van der Waals surface area contributed by atoms with Crippen molar-refractivity contribution in [3.8, 4) is 0 Å². The Morgan fingerprint density at radius 1 is 1.43 bits per heavy atom. The number of rotatable bonds is 3. The highest BCUT2D eigenvalue weighted by molar-refractivity contribution is 5.95. The summed E-state index contributed by atoms with van der Waals surface area (Å²) >= 11 is 0. The molecule has 3 heterocycles. The molecule has 0 spiro atoms. The smallest absolute Gasteiger partial charge is 0.254 e. The summed E-state index contributed by atoms with van der Waals surface area (Å²) < 4.78 is 5.06. The molecular weight excluding hydrogens is 294 g/mol. The van der Waals surface area contributed by atoms with Gasteiger partial charge in [0, 0.05) is 51.8 Å². The molecule has 1 atom stereocenters. The summed E-state index contributed by atoms with van der Waals surface area (Å²) in [6.07, 6.45) is 3.59. The predicted molar refractivity (Wildman–Crippen MR) is 85.5 cm³/mol. The second kappa shape index (κ2) is 6.36. The van der Waals surface area contributed by atoms with Crippen LogP contribution in [0.15, 0.2) is 22.9 Å². The molecule has 1 aliphatic heterocycles. The van der Waals surface area contributed by atoms with Crippen LogP contribution in [0.3, 0.4) is 0 Å². The molecule has 1 amide bonds. The lowest BCUT2D eigenvalue weighted by Crippen LogP contribution is -2.39. The largest absolute Gasteiger partial charge is 0.363 e. The Morgan fingerprint density at radius 2 is 2.26 bits per heavy atom. The number of aromatic nitrogens is 3. The Morgan fingerprint density at radius 3 is 2.96 bits per heavy atom. The SMILES string of the molecule is Cc1nc([C@@H]2CCCN(C(=O)c3ccnc(N(C)C)c3)C2)no1. The van der Waals surface area contributed by atoms with E-state index in [9.17, 15) is 4.79 Å². The fraction of sp³-hybridized carbons (Fsp3) is 0.500. The monoisotopic (exact) mass is 315 g/mol. The van der Waals surface area contributed by atoms with E-state index in [2.05, 4.69) is 15.1 Å². The first-order valence-electron chi connectivity index (χ1n) is 7.77. The zero-order valence-electron chi connectivity index (χ0n) is 13.7. The normalized spacial score (nSPS) is 18.0. The molecule has 0 radical (unpaired) electrons. The molecule has 0 aliphatic carbocycles. The molecule has 0 saturated carbocycles. The van der Waals surface area contributed by atoms with Gasteiger partial charge in [0.05, 0.1) is 0 Å². The molecule has 0 aromatic carbocycles. The van der Waals surface area contributed by atoms with E-state index in [4.69, 9.17) is 4.52 Å². The number of pyridine rings is 1. The third-order valence-electron chi connectivity index (χ3n) is 4.07. The lowest BCUT2D eigenvalue weighted by atomic mass is 9.97. The molecule has 1 saturated heterocycles. The average Bonchev–Trinajstić information content (AvgIpc) is 3.01. The van der Waals surface area contributed by atoms with Gasteiger partial charge in [-0.1, -0.05) is 5.16 Å². The minimum absolute atomic E-state index is 0.0282. The lowest BCUT2D eigenvalue weighted by Gasteiger charge is -2.31. The predicted octanol–water partition coefficient (Wildman–Crippen LogP) is 1.86. The number of likely N-dealkylation sites (tertiary alicyclic amines) is 1. The van der Waals surface area contributed by atoms with E-state index in [1.54, 1.807) is 19.2 Å². The quantitative estimate of drug-likeness (QED) is 0.860. The highest BCUT2D eigenvalue weighted by Crippen LogP contribution is 2.26. The molecule has 0 unspecified atom stereocenters. The average molecular weight is 315 g/mol. The number of hydrogen-bond acceptors (Lipinski definition) is 6. The first-order chi connectivity index (χ1) is 11.0. The molecule has 2 aromatic heterocycles. The Hall–Kier alpha value is -2.44. The molecule has 122 valence electrons. The summed E-state index contributed by atoms with van der Waals surface area (Å²) in [6.45, 7) is 3.16. The van der Waals surface area contributed by atoms with E-state index < -0.39 is 0 Å². The van der Waals surface area contributed by atoms with Gasteiger partial charge in [0.2, 0.25) is 5.89 Å². The van der Waals surface area contributed by atoms with Gasteiger partial charge in [-0.3, -0.25) is 4.79 Å². The number of hydrogen-bond donors (Lipinski definition) is 0. The van der Waals surface area contributed by atoms with Gasteiger partial charge in [-0.05, 0) is 25.0 Å². The standard InChI is InChI=1S/C16H21N5O2/c1-11-18-15(19-23-11)13-5-4-8-21(10-13)16(22)12-6-7-17-14(9-12)20(2)3/h6-7,9,13H,4-5,8,10H2,1-3H3/t13-/m1/s1. The van der Waals surface area contributed by atoms with Crippen molar-refractivity contribution in [2.45, 2.75) is 25.7 Å². The van der Waals surface area contributed by atoms with Gasteiger partial charge in [-0.2, -0.15) is 4.98 Å². The number of nitrogens with zero attached hydrogens (tertiary/aromatic N) is 5. The van der Waals surface area contributed by atoms with Crippen molar-refractivity contribution < 1.29 is 9.32 Å². The summed E-state index contributed by atoms with van der Waals surface area (Å²) in [5.41, 5.74) is 0.661. The van der Waals surface area contributed by atoms with Crippen LogP contribution < -0.4 is 4.90 Å². The maximum absolute atomic E-state index is 12.8.